The first-order valence-corrected chi connectivity index (χ1v) is 7.45. The number of thiophene rings is 1. The molecule has 94 valence electrons. The van der Waals surface area contributed by atoms with Crippen molar-refractivity contribution in [3.8, 4) is 5.75 Å². The van der Waals surface area contributed by atoms with E-state index in [-0.39, 0.29) is 5.91 Å². The maximum absolute atomic E-state index is 12.0. The van der Waals surface area contributed by atoms with Crippen LogP contribution >= 0.6 is 43.2 Å². The third kappa shape index (κ3) is 3.34. The maximum Gasteiger partial charge on any atom is 0.256 e. The summed E-state index contributed by atoms with van der Waals surface area (Å²) < 4.78 is 6.92. The Morgan fingerprint density at radius 1 is 1.28 bits per heavy atom. The summed E-state index contributed by atoms with van der Waals surface area (Å²) in [5.74, 6) is 0.545. The van der Waals surface area contributed by atoms with Crippen LogP contribution in [-0.4, -0.2) is 13.0 Å². The van der Waals surface area contributed by atoms with Crippen molar-refractivity contribution < 1.29 is 9.53 Å². The molecule has 1 heterocycles. The van der Waals surface area contributed by atoms with Gasteiger partial charge in [0, 0.05) is 21.6 Å². The molecule has 1 aromatic carbocycles. The molecule has 0 unspecified atom stereocenters. The van der Waals surface area contributed by atoms with Gasteiger partial charge in [-0.3, -0.25) is 4.79 Å². The van der Waals surface area contributed by atoms with Crippen LogP contribution < -0.4 is 10.1 Å². The number of halogens is 2. The Labute approximate surface area is 125 Å². The zero-order valence-electron chi connectivity index (χ0n) is 9.37. The molecule has 0 saturated carbocycles. The summed E-state index contributed by atoms with van der Waals surface area (Å²) in [6.07, 6.45) is 0. The molecule has 0 spiro atoms. The van der Waals surface area contributed by atoms with Crippen molar-refractivity contribution in [1.82, 2.24) is 0 Å². The van der Waals surface area contributed by atoms with Crippen molar-refractivity contribution in [2.45, 2.75) is 0 Å². The van der Waals surface area contributed by atoms with Gasteiger partial charge in [-0.2, -0.15) is 0 Å². The van der Waals surface area contributed by atoms with Gasteiger partial charge in [0.05, 0.1) is 16.5 Å². The molecule has 3 nitrogen and oxygen atoms in total. The van der Waals surface area contributed by atoms with Crippen LogP contribution in [0.15, 0.2) is 37.9 Å². The third-order valence-electron chi connectivity index (χ3n) is 2.19. The molecule has 0 bridgehead atoms. The van der Waals surface area contributed by atoms with E-state index >= 15 is 0 Å². The molecule has 2 aromatic rings. The highest BCUT2D eigenvalue weighted by molar-refractivity contribution is 9.11. The normalized spacial score (nSPS) is 10.2. The molecule has 1 N–H and O–H groups in total. The average molecular weight is 391 g/mol. The first-order chi connectivity index (χ1) is 8.58. The zero-order valence-corrected chi connectivity index (χ0v) is 13.4. The molecule has 1 amide bonds. The van der Waals surface area contributed by atoms with Gasteiger partial charge < -0.3 is 10.1 Å². The number of anilines is 1. The summed E-state index contributed by atoms with van der Waals surface area (Å²) in [6, 6.07) is 7.21. The van der Waals surface area contributed by atoms with E-state index in [1.165, 1.54) is 11.3 Å². The van der Waals surface area contributed by atoms with Gasteiger partial charge in [0.2, 0.25) is 0 Å². The maximum atomic E-state index is 12.0. The lowest BCUT2D eigenvalue weighted by atomic mass is 10.2. The molecular formula is C12H9Br2NO2S. The number of methoxy groups -OCH3 is 1. The molecule has 0 atom stereocenters. The third-order valence-corrected chi connectivity index (χ3v) is 4.16. The Morgan fingerprint density at radius 2 is 2.06 bits per heavy atom. The van der Waals surface area contributed by atoms with Gasteiger partial charge in [0.15, 0.2) is 0 Å². The highest BCUT2D eigenvalue weighted by Crippen LogP contribution is 2.26. The number of rotatable bonds is 3. The largest absolute Gasteiger partial charge is 0.497 e. The van der Waals surface area contributed by atoms with Gasteiger partial charge in [-0.25, -0.2) is 0 Å². The zero-order chi connectivity index (χ0) is 13.1. The predicted octanol–water partition coefficient (Wildman–Crippen LogP) is 4.53. The number of carbonyl (C=O) groups is 1. The van der Waals surface area contributed by atoms with Crippen LogP contribution in [0.3, 0.4) is 0 Å². The van der Waals surface area contributed by atoms with Crippen LogP contribution in [0.1, 0.15) is 10.4 Å². The van der Waals surface area contributed by atoms with Gasteiger partial charge >= 0.3 is 0 Å². The van der Waals surface area contributed by atoms with E-state index in [9.17, 15) is 4.79 Å². The van der Waals surface area contributed by atoms with Gasteiger partial charge in [0.1, 0.15) is 5.75 Å². The van der Waals surface area contributed by atoms with Crippen LogP contribution in [0.4, 0.5) is 5.69 Å². The van der Waals surface area contributed by atoms with Gasteiger partial charge in [-0.15, -0.1) is 11.3 Å². The molecule has 0 aliphatic rings. The minimum Gasteiger partial charge on any atom is -0.497 e. The highest BCUT2D eigenvalue weighted by atomic mass is 79.9. The van der Waals surface area contributed by atoms with Crippen molar-refractivity contribution in [2.24, 2.45) is 0 Å². The lowest BCUT2D eigenvalue weighted by Crippen LogP contribution is -2.10. The molecule has 0 saturated heterocycles. The van der Waals surface area contributed by atoms with Crippen molar-refractivity contribution in [3.05, 3.63) is 43.5 Å². The topological polar surface area (TPSA) is 38.3 Å². The number of carbonyl (C=O) groups excluding carboxylic acids is 1. The first-order valence-electron chi connectivity index (χ1n) is 4.98. The number of benzene rings is 1. The second-order valence-electron chi connectivity index (χ2n) is 3.47. The molecule has 0 aliphatic carbocycles. The molecular weight excluding hydrogens is 382 g/mol. The Balaban J connectivity index is 2.18. The lowest BCUT2D eigenvalue weighted by molar-refractivity contribution is 0.102. The van der Waals surface area contributed by atoms with E-state index in [1.54, 1.807) is 24.6 Å². The summed E-state index contributed by atoms with van der Waals surface area (Å²) >= 11 is 8.17. The van der Waals surface area contributed by atoms with Gasteiger partial charge in [0.25, 0.3) is 5.91 Å². The summed E-state index contributed by atoms with van der Waals surface area (Å²) in [5.41, 5.74) is 1.32. The van der Waals surface area contributed by atoms with Crippen LogP contribution in [0.5, 0.6) is 5.75 Å². The first kappa shape index (κ1) is 13.6. The molecule has 0 aliphatic heterocycles. The number of hydrogen-bond acceptors (Lipinski definition) is 3. The second kappa shape index (κ2) is 5.86. The molecule has 6 heteroatoms. The fourth-order valence-corrected chi connectivity index (χ4v) is 2.99. The van der Waals surface area contributed by atoms with Crippen molar-refractivity contribution in [1.29, 1.82) is 0 Å². The molecule has 0 fully saturated rings. The predicted molar refractivity (Wildman–Crippen MR) is 80.7 cm³/mol. The lowest BCUT2D eigenvalue weighted by Gasteiger charge is -2.07. The molecule has 2 rings (SSSR count). The van der Waals surface area contributed by atoms with E-state index < -0.39 is 0 Å². The minimum atomic E-state index is -0.142. The van der Waals surface area contributed by atoms with Gasteiger partial charge in [-0.05, 0) is 34.1 Å². The second-order valence-corrected chi connectivity index (χ2v) is 6.68. The summed E-state index contributed by atoms with van der Waals surface area (Å²) in [6.45, 7) is 0. The van der Waals surface area contributed by atoms with E-state index in [2.05, 4.69) is 37.2 Å². The van der Waals surface area contributed by atoms with E-state index in [4.69, 9.17) is 4.74 Å². The standard InChI is InChI=1S/C12H9Br2NO2S/c1-17-10-4-8(13)3-9(5-10)15-12(16)7-2-11(14)18-6-7/h2-6H,1H3,(H,15,16). The Hall–Kier alpha value is -0.850. The van der Waals surface area contributed by atoms with E-state index in [1.807, 2.05) is 12.1 Å². The smallest absolute Gasteiger partial charge is 0.256 e. The summed E-state index contributed by atoms with van der Waals surface area (Å²) in [4.78, 5) is 12.0. The fraction of sp³-hybridized carbons (Fsp3) is 0.0833. The molecule has 0 radical (unpaired) electrons. The van der Waals surface area contributed by atoms with Crippen LogP contribution in [0.2, 0.25) is 0 Å². The van der Waals surface area contributed by atoms with Crippen molar-refractivity contribution >= 4 is 54.8 Å². The Kier molecular flexibility index (Phi) is 4.42. The SMILES string of the molecule is COc1cc(Br)cc(NC(=O)c2csc(Br)c2)c1. The molecule has 1 aromatic heterocycles. The number of nitrogens with one attached hydrogen (secondary N) is 1. The number of hydrogen-bond donors (Lipinski definition) is 1. The summed E-state index contributed by atoms with van der Waals surface area (Å²) in [5, 5.41) is 4.62. The average Bonchev–Trinajstić information content (AvgIpc) is 2.75. The Bertz CT molecular complexity index is 583. The Morgan fingerprint density at radius 3 is 2.67 bits per heavy atom. The summed E-state index contributed by atoms with van der Waals surface area (Å²) in [7, 11) is 1.59. The fourth-order valence-electron chi connectivity index (χ4n) is 1.39. The van der Waals surface area contributed by atoms with Crippen molar-refractivity contribution in [2.75, 3.05) is 12.4 Å². The van der Waals surface area contributed by atoms with E-state index in [0.29, 0.717) is 17.0 Å². The highest BCUT2D eigenvalue weighted by Gasteiger charge is 2.09. The van der Waals surface area contributed by atoms with Crippen molar-refractivity contribution in [3.63, 3.8) is 0 Å². The number of ether oxygens (including phenoxy) is 1. The van der Waals surface area contributed by atoms with Gasteiger partial charge in [-0.1, -0.05) is 15.9 Å². The number of amides is 1. The van der Waals surface area contributed by atoms with Crippen LogP contribution in [-0.2, 0) is 0 Å². The molecule has 18 heavy (non-hydrogen) atoms. The monoisotopic (exact) mass is 389 g/mol. The minimum absolute atomic E-state index is 0.142. The van der Waals surface area contributed by atoms with E-state index in [0.717, 1.165) is 8.26 Å². The quantitative estimate of drug-likeness (QED) is 0.835. The van der Waals surface area contributed by atoms with Crippen LogP contribution in [0.25, 0.3) is 0 Å². The van der Waals surface area contributed by atoms with Crippen LogP contribution in [0, 0.1) is 0 Å².